The Morgan fingerprint density at radius 3 is 2.74 bits per heavy atom. The zero-order valence-corrected chi connectivity index (χ0v) is 17.0. The van der Waals surface area contributed by atoms with Gasteiger partial charge in [-0.05, 0) is 104 Å². The summed E-state index contributed by atoms with van der Waals surface area (Å²) in [6, 6.07) is 0. The predicted molar refractivity (Wildman–Crippen MR) is 105 cm³/mol. The molecular formula is C21H33IO. The average molecular weight is 428 g/mol. The standard InChI is InChI=1S/C21H33IO/c1-20(23)10-7-16-14(13-20)3-5-18-17(16)8-11-21(2)15(9-12-22)4-6-19(18)21/h3,15-19,23H,4-13H2,1-2H3/t15-,16+,17?,18-,19?,20?,21-/m1/s1. The Balaban J connectivity index is 1.57. The van der Waals surface area contributed by atoms with Gasteiger partial charge in [0.05, 0.1) is 5.60 Å². The van der Waals surface area contributed by atoms with E-state index in [1.165, 1.54) is 49.4 Å². The largest absolute Gasteiger partial charge is 0.390 e. The van der Waals surface area contributed by atoms with Crippen LogP contribution in [-0.2, 0) is 0 Å². The lowest BCUT2D eigenvalue weighted by molar-refractivity contribution is -0.0330. The van der Waals surface area contributed by atoms with E-state index in [1.807, 2.05) is 6.92 Å². The molecule has 3 fully saturated rings. The summed E-state index contributed by atoms with van der Waals surface area (Å²) in [7, 11) is 0. The molecule has 1 nitrogen and oxygen atoms in total. The third-order valence-electron chi connectivity index (χ3n) is 8.37. The van der Waals surface area contributed by atoms with Crippen molar-refractivity contribution in [2.24, 2.45) is 35.0 Å². The Bertz CT molecular complexity index is 496. The molecule has 4 rings (SSSR count). The molecule has 0 spiro atoms. The lowest BCUT2D eigenvalue weighted by Gasteiger charge is -2.54. The Hall–Kier alpha value is 0.430. The topological polar surface area (TPSA) is 20.2 Å². The van der Waals surface area contributed by atoms with Crippen LogP contribution in [0.1, 0.15) is 71.6 Å². The van der Waals surface area contributed by atoms with Gasteiger partial charge < -0.3 is 5.11 Å². The van der Waals surface area contributed by atoms with Gasteiger partial charge in [0.15, 0.2) is 0 Å². The number of rotatable bonds is 2. The van der Waals surface area contributed by atoms with E-state index < -0.39 is 5.60 Å². The molecule has 0 aromatic heterocycles. The monoisotopic (exact) mass is 428 g/mol. The van der Waals surface area contributed by atoms with Gasteiger partial charge in [0.2, 0.25) is 0 Å². The molecule has 0 bridgehead atoms. The van der Waals surface area contributed by atoms with Crippen LogP contribution in [0, 0.1) is 35.0 Å². The molecule has 3 saturated carbocycles. The van der Waals surface area contributed by atoms with Crippen molar-refractivity contribution in [2.45, 2.75) is 77.2 Å². The molecule has 3 unspecified atom stereocenters. The van der Waals surface area contributed by atoms with E-state index in [4.69, 9.17) is 0 Å². The second-order valence-electron chi connectivity index (χ2n) is 9.56. The highest BCUT2D eigenvalue weighted by Gasteiger charge is 2.55. The van der Waals surface area contributed by atoms with Crippen LogP contribution in [0.5, 0.6) is 0 Å². The minimum Gasteiger partial charge on any atom is -0.390 e. The second-order valence-corrected chi connectivity index (χ2v) is 10.6. The van der Waals surface area contributed by atoms with Crippen molar-refractivity contribution in [3.63, 3.8) is 0 Å². The van der Waals surface area contributed by atoms with Crippen LogP contribution in [0.3, 0.4) is 0 Å². The fourth-order valence-electron chi connectivity index (χ4n) is 7.18. The fourth-order valence-corrected chi connectivity index (χ4v) is 7.93. The molecule has 4 aliphatic carbocycles. The maximum absolute atomic E-state index is 10.5. The summed E-state index contributed by atoms with van der Waals surface area (Å²) in [5, 5.41) is 10.5. The van der Waals surface area contributed by atoms with Crippen LogP contribution in [0.4, 0.5) is 0 Å². The van der Waals surface area contributed by atoms with Gasteiger partial charge in [0.1, 0.15) is 0 Å². The lowest BCUT2D eigenvalue weighted by Crippen LogP contribution is -2.47. The first-order valence-corrected chi connectivity index (χ1v) is 11.4. The molecular weight excluding hydrogens is 395 g/mol. The molecule has 0 radical (unpaired) electrons. The van der Waals surface area contributed by atoms with Crippen LogP contribution >= 0.6 is 22.6 Å². The Kier molecular flexibility index (Phi) is 4.40. The normalized spacial score (nSPS) is 52.3. The Morgan fingerprint density at radius 2 is 1.96 bits per heavy atom. The van der Waals surface area contributed by atoms with E-state index >= 15 is 0 Å². The van der Waals surface area contributed by atoms with E-state index in [1.54, 1.807) is 5.57 Å². The summed E-state index contributed by atoms with van der Waals surface area (Å²) in [5.74, 6) is 4.66. The van der Waals surface area contributed by atoms with Gasteiger partial charge in [-0.15, -0.1) is 0 Å². The fraction of sp³-hybridized carbons (Fsp3) is 0.905. The predicted octanol–water partition coefficient (Wildman–Crippen LogP) is 5.75. The van der Waals surface area contributed by atoms with E-state index in [-0.39, 0.29) is 0 Å². The molecule has 2 heteroatoms. The van der Waals surface area contributed by atoms with Crippen molar-refractivity contribution in [3.05, 3.63) is 11.6 Å². The van der Waals surface area contributed by atoms with Crippen molar-refractivity contribution in [3.8, 4) is 0 Å². The van der Waals surface area contributed by atoms with Crippen molar-refractivity contribution < 1.29 is 5.11 Å². The number of halogens is 1. The van der Waals surface area contributed by atoms with Gasteiger partial charge >= 0.3 is 0 Å². The average Bonchev–Trinajstić information content (AvgIpc) is 2.83. The highest BCUT2D eigenvalue weighted by molar-refractivity contribution is 14.1. The highest BCUT2D eigenvalue weighted by Crippen LogP contribution is 2.64. The van der Waals surface area contributed by atoms with Gasteiger partial charge in [-0.25, -0.2) is 0 Å². The third kappa shape index (κ3) is 2.74. The maximum Gasteiger partial charge on any atom is 0.0657 e. The number of hydrogen-bond acceptors (Lipinski definition) is 1. The minimum atomic E-state index is -0.433. The van der Waals surface area contributed by atoms with E-state index in [0.717, 1.165) is 42.4 Å². The quantitative estimate of drug-likeness (QED) is 0.337. The Labute approximate surface area is 155 Å². The summed E-state index contributed by atoms with van der Waals surface area (Å²) < 4.78 is 1.33. The first-order chi connectivity index (χ1) is 10.9. The summed E-state index contributed by atoms with van der Waals surface area (Å²) >= 11 is 2.58. The van der Waals surface area contributed by atoms with Gasteiger partial charge in [0, 0.05) is 0 Å². The Morgan fingerprint density at radius 1 is 1.13 bits per heavy atom. The molecule has 0 heterocycles. The van der Waals surface area contributed by atoms with Crippen molar-refractivity contribution in [1.82, 2.24) is 0 Å². The first-order valence-electron chi connectivity index (χ1n) is 9.92. The van der Waals surface area contributed by atoms with Gasteiger partial charge in [-0.1, -0.05) is 41.2 Å². The first kappa shape index (κ1) is 16.9. The van der Waals surface area contributed by atoms with E-state index in [0.29, 0.717) is 5.41 Å². The van der Waals surface area contributed by atoms with Crippen molar-refractivity contribution in [2.75, 3.05) is 4.43 Å². The van der Waals surface area contributed by atoms with E-state index in [9.17, 15) is 5.11 Å². The minimum absolute atomic E-state index is 0.433. The highest BCUT2D eigenvalue weighted by atomic mass is 127. The summed E-state index contributed by atoms with van der Waals surface area (Å²) in [6.45, 7) is 4.68. The maximum atomic E-state index is 10.5. The summed E-state index contributed by atoms with van der Waals surface area (Å²) in [4.78, 5) is 0. The zero-order valence-electron chi connectivity index (χ0n) is 14.9. The molecule has 0 aliphatic heterocycles. The molecule has 0 aromatic rings. The summed E-state index contributed by atoms with van der Waals surface area (Å²) in [6.07, 6.45) is 14.4. The zero-order chi connectivity index (χ0) is 16.2. The molecule has 130 valence electrons. The SMILES string of the molecule is CC1(O)CC[C@H]2C(=CC[C@@H]3C2CC[C@@]2(C)C3CC[C@@H]2CCI)C1. The number of hydrogen-bond donors (Lipinski definition) is 1. The van der Waals surface area contributed by atoms with E-state index in [2.05, 4.69) is 35.6 Å². The van der Waals surface area contributed by atoms with Crippen LogP contribution in [0.25, 0.3) is 0 Å². The van der Waals surface area contributed by atoms with Crippen LogP contribution < -0.4 is 0 Å². The number of allylic oxidation sites excluding steroid dienone is 1. The van der Waals surface area contributed by atoms with Crippen LogP contribution in [-0.4, -0.2) is 15.1 Å². The smallest absolute Gasteiger partial charge is 0.0657 e. The number of alkyl halides is 1. The molecule has 23 heavy (non-hydrogen) atoms. The third-order valence-corrected chi connectivity index (χ3v) is 8.99. The molecule has 1 N–H and O–H groups in total. The molecule has 4 aliphatic rings. The van der Waals surface area contributed by atoms with Gasteiger partial charge in [-0.2, -0.15) is 0 Å². The number of fused-ring (bicyclic) bond motifs is 5. The van der Waals surface area contributed by atoms with Crippen molar-refractivity contribution in [1.29, 1.82) is 0 Å². The second kappa shape index (κ2) is 6.00. The molecule has 0 saturated heterocycles. The molecule has 0 amide bonds. The molecule has 0 aromatic carbocycles. The van der Waals surface area contributed by atoms with Gasteiger partial charge in [0.25, 0.3) is 0 Å². The van der Waals surface area contributed by atoms with Crippen LogP contribution in [0.15, 0.2) is 11.6 Å². The number of aliphatic hydroxyl groups is 1. The lowest BCUT2D eigenvalue weighted by atomic mass is 9.51. The summed E-state index contributed by atoms with van der Waals surface area (Å²) in [5.41, 5.74) is 1.82. The van der Waals surface area contributed by atoms with Crippen LogP contribution in [0.2, 0.25) is 0 Å². The van der Waals surface area contributed by atoms with Gasteiger partial charge in [-0.3, -0.25) is 0 Å². The van der Waals surface area contributed by atoms with Crippen molar-refractivity contribution >= 4 is 22.6 Å². The molecule has 7 atom stereocenters.